The normalized spacial score (nSPS) is 13.9. The van der Waals surface area contributed by atoms with Crippen LogP contribution < -0.4 is 5.32 Å². The molecule has 0 bridgehead atoms. The van der Waals surface area contributed by atoms with Gasteiger partial charge in [-0.3, -0.25) is 0 Å². The topological polar surface area (TPSA) is 36.7 Å². The van der Waals surface area contributed by atoms with Crippen LogP contribution in [0.5, 0.6) is 0 Å². The number of likely N-dealkylation sites (tertiary alicyclic amines) is 1. The number of rotatable bonds is 1. The molecule has 1 N–H and O–H groups in total. The Labute approximate surface area is 88.3 Å². The van der Waals surface area contributed by atoms with E-state index in [4.69, 9.17) is 6.57 Å². The number of hydrogen-bond acceptors (Lipinski definition) is 1. The van der Waals surface area contributed by atoms with E-state index in [2.05, 4.69) is 10.2 Å². The van der Waals surface area contributed by atoms with Crippen molar-refractivity contribution in [1.82, 2.24) is 4.90 Å². The quantitative estimate of drug-likeness (QED) is 0.696. The van der Waals surface area contributed by atoms with Gasteiger partial charge in [0, 0.05) is 18.8 Å². The fourth-order valence-corrected chi connectivity index (χ4v) is 1.38. The van der Waals surface area contributed by atoms with Gasteiger partial charge in [0.25, 0.3) is 0 Å². The molecule has 4 nitrogen and oxygen atoms in total. The Morgan fingerprint density at radius 3 is 2.87 bits per heavy atom. The van der Waals surface area contributed by atoms with Crippen LogP contribution in [0.2, 0.25) is 0 Å². The first-order valence-electron chi connectivity index (χ1n) is 4.83. The summed E-state index contributed by atoms with van der Waals surface area (Å²) in [5.74, 6) is 0. The van der Waals surface area contributed by atoms with Gasteiger partial charge in [-0.1, -0.05) is 12.1 Å². The molecule has 1 aliphatic heterocycles. The second kappa shape index (κ2) is 4.01. The highest BCUT2D eigenvalue weighted by molar-refractivity contribution is 5.90. The molecule has 0 saturated carbocycles. The summed E-state index contributed by atoms with van der Waals surface area (Å²) in [5, 5.41) is 2.76. The first kappa shape index (κ1) is 9.53. The maximum Gasteiger partial charge on any atom is 0.321 e. The van der Waals surface area contributed by atoms with Crippen LogP contribution in [0.4, 0.5) is 16.2 Å². The lowest BCUT2D eigenvalue weighted by Gasteiger charge is -2.30. The summed E-state index contributed by atoms with van der Waals surface area (Å²) in [6.45, 7) is 8.51. The molecule has 0 spiro atoms. The molecule has 0 aliphatic carbocycles. The van der Waals surface area contributed by atoms with E-state index >= 15 is 0 Å². The number of nitrogens with one attached hydrogen (secondary N) is 1. The average Bonchev–Trinajstić information content (AvgIpc) is 2.15. The summed E-state index contributed by atoms with van der Waals surface area (Å²) in [6.07, 6.45) is 1.08. The van der Waals surface area contributed by atoms with Crippen molar-refractivity contribution in [3.63, 3.8) is 0 Å². The number of urea groups is 1. The molecule has 0 unspecified atom stereocenters. The Hall–Kier alpha value is -2.02. The fourth-order valence-electron chi connectivity index (χ4n) is 1.38. The van der Waals surface area contributed by atoms with E-state index < -0.39 is 0 Å². The SMILES string of the molecule is [C-]#[N+]c1cccc(NC(=O)N2CCC2)c1. The molecule has 1 fully saturated rings. The fraction of sp³-hybridized carbons (Fsp3) is 0.273. The van der Waals surface area contributed by atoms with Crippen molar-refractivity contribution in [2.24, 2.45) is 0 Å². The van der Waals surface area contributed by atoms with Crippen molar-refractivity contribution in [3.8, 4) is 0 Å². The van der Waals surface area contributed by atoms with E-state index in [1.165, 1.54) is 0 Å². The van der Waals surface area contributed by atoms with Gasteiger partial charge in [0.15, 0.2) is 5.69 Å². The third kappa shape index (κ3) is 2.08. The van der Waals surface area contributed by atoms with Crippen molar-refractivity contribution < 1.29 is 4.79 Å². The third-order valence-corrected chi connectivity index (χ3v) is 2.37. The van der Waals surface area contributed by atoms with Crippen LogP contribution in [-0.4, -0.2) is 24.0 Å². The van der Waals surface area contributed by atoms with Crippen molar-refractivity contribution in [1.29, 1.82) is 0 Å². The van der Waals surface area contributed by atoms with Crippen molar-refractivity contribution in [2.75, 3.05) is 18.4 Å². The Bertz CT molecular complexity index is 418. The van der Waals surface area contributed by atoms with Crippen LogP contribution in [-0.2, 0) is 0 Å². The third-order valence-electron chi connectivity index (χ3n) is 2.37. The van der Waals surface area contributed by atoms with Crippen LogP contribution in [0.15, 0.2) is 24.3 Å². The Balaban J connectivity index is 2.03. The molecule has 0 aromatic heterocycles. The first-order chi connectivity index (χ1) is 7.29. The van der Waals surface area contributed by atoms with Crippen molar-refractivity contribution in [2.45, 2.75) is 6.42 Å². The maximum absolute atomic E-state index is 11.5. The van der Waals surface area contributed by atoms with Crippen LogP contribution in [0.1, 0.15) is 6.42 Å². The Kier molecular flexibility index (Phi) is 2.55. The molecule has 1 aromatic rings. The van der Waals surface area contributed by atoms with Gasteiger partial charge in [-0.25, -0.2) is 9.64 Å². The number of benzene rings is 1. The number of hydrogen-bond donors (Lipinski definition) is 1. The number of anilines is 1. The number of nitrogens with zero attached hydrogens (tertiary/aromatic N) is 2. The summed E-state index contributed by atoms with van der Waals surface area (Å²) < 4.78 is 0. The minimum atomic E-state index is -0.0802. The van der Waals surface area contributed by atoms with E-state index in [1.807, 2.05) is 0 Å². The molecule has 4 heteroatoms. The molecule has 1 aromatic carbocycles. The zero-order valence-electron chi connectivity index (χ0n) is 8.23. The maximum atomic E-state index is 11.5. The molecule has 0 radical (unpaired) electrons. The molecule has 2 rings (SSSR count). The molecule has 1 aliphatic rings. The van der Waals surface area contributed by atoms with Gasteiger partial charge in [0.1, 0.15) is 0 Å². The molecular formula is C11H11N3O. The van der Waals surface area contributed by atoms with Crippen LogP contribution >= 0.6 is 0 Å². The summed E-state index contributed by atoms with van der Waals surface area (Å²) in [5.41, 5.74) is 1.22. The van der Waals surface area contributed by atoms with E-state index in [0.717, 1.165) is 19.5 Å². The van der Waals surface area contributed by atoms with Crippen molar-refractivity contribution in [3.05, 3.63) is 35.7 Å². The minimum Gasteiger partial charge on any atom is -0.324 e. The second-order valence-corrected chi connectivity index (χ2v) is 3.43. The largest absolute Gasteiger partial charge is 0.324 e. The standard InChI is InChI=1S/C11H11N3O/c1-12-9-4-2-5-10(8-9)13-11(15)14-6-3-7-14/h2,4-5,8H,3,6-7H2,(H,13,15). The zero-order valence-corrected chi connectivity index (χ0v) is 8.23. The van der Waals surface area contributed by atoms with Gasteiger partial charge in [0.2, 0.25) is 0 Å². The number of carbonyl (C=O) groups is 1. The van der Waals surface area contributed by atoms with Crippen LogP contribution in [0.3, 0.4) is 0 Å². The van der Waals surface area contributed by atoms with Crippen molar-refractivity contribution >= 4 is 17.4 Å². The summed E-state index contributed by atoms with van der Waals surface area (Å²) >= 11 is 0. The van der Waals surface area contributed by atoms with Gasteiger partial charge < -0.3 is 10.2 Å². The summed E-state index contributed by atoms with van der Waals surface area (Å²) in [4.78, 5) is 16.6. The van der Waals surface area contributed by atoms with Gasteiger partial charge >= 0.3 is 6.03 Å². The summed E-state index contributed by atoms with van der Waals surface area (Å²) in [7, 11) is 0. The second-order valence-electron chi connectivity index (χ2n) is 3.43. The van der Waals surface area contributed by atoms with Crippen LogP contribution in [0.25, 0.3) is 4.85 Å². The lowest BCUT2D eigenvalue weighted by atomic mass is 10.2. The molecule has 76 valence electrons. The molecule has 1 saturated heterocycles. The van der Waals surface area contributed by atoms with Gasteiger partial charge in [-0.2, -0.15) is 0 Å². The smallest absolute Gasteiger partial charge is 0.321 e. The van der Waals surface area contributed by atoms with Gasteiger partial charge in [0.05, 0.1) is 6.57 Å². The van der Waals surface area contributed by atoms with E-state index in [1.54, 1.807) is 29.2 Å². The molecule has 0 atom stereocenters. The molecule has 2 amide bonds. The molecular weight excluding hydrogens is 190 g/mol. The minimum absolute atomic E-state index is 0.0802. The first-order valence-corrected chi connectivity index (χ1v) is 4.83. The number of amides is 2. The Morgan fingerprint density at radius 1 is 1.47 bits per heavy atom. The molecule has 15 heavy (non-hydrogen) atoms. The summed E-state index contributed by atoms with van der Waals surface area (Å²) in [6, 6.07) is 6.85. The van der Waals surface area contributed by atoms with Crippen LogP contribution in [0, 0.1) is 6.57 Å². The monoisotopic (exact) mass is 201 g/mol. The lowest BCUT2D eigenvalue weighted by Crippen LogP contribution is -2.44. The highest BCUT2D eigenvalue weighted by Crippen LogP contribution is 2.18. The highest BCUT2D eigenvalue weighted by Gasteiger charge is 2.19. The van der Waals surface area contributed by atoms with Gasteiger partial charge in [-0.05, 0) is 18.6 Å². The predicted octanol–water partition coefficient (Wildman–Crippen LogP) is 2.47. The average molecular weight is 201 g/mol. The molecule has 1 heterocycles. The van der Waals surface area contributed by atoms with Gasteiger partial charge in [-0.15, -0.1) is 0 Å². The highest BCUT2D eigenvalue weighted by atomic mass is 16.2. The van der Waals surface area contributed by atoms with E-state index in [-0.39, 0.29) is 6.03 Å². The van der Waals surface area contributed by atoms with E-state index in [9.17, 15) is 4.79 Å². The lowest BCUT2D eigenvalue weighted by molar-refractivity contribution is 0.181. The van der Waals surface area contributed by atoms with E-state index in [0.29, 0.717) is 11.4 Å². The Morgan fingerprint density at radius 2 is 2.27 bits per heavy atom. The zero-order chi connectivity index (χ0) is 10.7. The predicted molar refractivity (Wildman–Crippen MR) is 57.9 cm³/mol. The number of carbonyl (C=O) groups excluding carboxylic acids is 1.